The van der Waals surface area contributed by atoms with Crippen molar-refractivity contribution in [3.05, 3.63) is 40.2 Å². The summed E-state index contributed by atoms with van der Waals surface area (Å²) < 4.78 is 15.7. The molecule has 0 fully saturated rings. The summed E-state index contributed by atoms with van der Waals surface area (Å²) >= 11 is 0. The lowest BCUT2D eigenvalue weighted by atomic mass is 10.1. The molecule has 7 nitrogen and oxygen atoms in total. The van der Waals surface area contributed by atoms with E-state index in [0.29, 0.717) is 18.4 Å². The predicted molar refractivity (Wildman–Crippen MR) is 101 cm³/mol. The maximum absolute atomic E-state index is 12.4. The molecular formula is C20H25NO6. The minimum atomic E-state index is -0.857. The standard InChI is InChI=1S/C20H25NO6/c1-6-12-10-17(22)26-16-11-13(8-9-14(12)16)25-18(23)15(7-2)21-19(24)27-20(3,4)5/h8-11,15H,6-7H2,1-5H3,(H,21,24)/t15-/m0/s1. The van der Waals surface area contributed by atoms with Gasteiger partial charge in [0.15, 0.2) is 0 Å². The summed E-state index contributed by atoms with van der Waals surface area (Å²) in [6.45, 7) is 8.89. The van der Waals surface area contributed by atoms with Crippen molar-refractivity contribution in [3.8, 4) is 5.75 Å². The van der Waals surface area contributed by atoms with Crippen LogP contribution < -0.4 is 15.7 Å². The van der Waals surface area contributed by atoms with Crippen molar-refractivity contribution in [2.75, 3.05) is 0 Å². The van der Waals surface area contributed by atoms with Gasteiger partial charge in [-0.15, -0.1) is 0 Å². The average Bonchev–Trinajstić information content (AvgIpc) is 2.56. The van der Waals surface area contributed by atoms with Gasteiger partial charge in [-0.05, 0) is 51.3 Å². The Morgan fingerprint density at radius 2 is 1.89 bits per heavy atom. The van der Waals surface area contributed by atoms with Crippen molar-refractivity contribution in [1.29, 1.82) is 0 Å². The van der Waals surface area contributed by atoms with Gasteiger partial charge in [0.1, 0.15) is 23.0 Å². The van der Waals surface area contributed by atoms with E-state index < -0.39 is 29.3 Å². The van der Waals surface area contributed by atoms with Crippen molar-refractivity contribution in [3.63, 3.8) is 0 Å². The van der Waals surface area contributed by atoms with Crippen molar-refractivity contribution in [1.82, 2.24) is 5.32 Å². The zero-order valence-electron chi connectivity index (χ0n) is 16.3. The van der Waals surface area contributed by atoms with Crippen LogP contribution in [0.4, 0.5) is 4.79 Å². The first-order valence-corrected chi connectivity index (χ1v) is 8.91. The molecule has 1 amide bonds. The molecule has 27 heavy (non-hydrogen) atoms. The van der Waals surface area contributed by atoms with Gasteiger partial charge in [0.2, 0.25) is 0 Å². The lowest BCUT2D eigenvalue weighted by Gasteiger charge is -2.22. The highest BCUT2D eigenvalue weighted by Gasteiger charge is 2.24. The zero-order chi connectivity index (χ0) is 20.2. The van der Waals surface area contributed by atoms with Gasteiger partial charge in [-0.2, -0.15) is 0 Å². The summed E-state index contributed by atoms with van der Waals surface area (Å²) in [5.41, 5.74) is 0.0786. The number of ether oxygens (including phenoxy) is 2. The lowest BCUT2D eigenvalue weighted by Crippen LogP contribution is -2.44. The molecule has 0 radical (unpaired) electrons. The Balaban J connectivity index is 2.16. The number of aryl methyl sites for hydroxylation is 1. The van der Waals surface area contributed by atoms with Gasteiger partial charge in [0, 0.05) is 17.5 Å². The first-order chi connectivity index (χ1) is 12.6. The highest BCUT2D eigenvalue weighted by atomic mass is 16.6. The molecule has 2 rings (SSSR count). The van der Waals surface area contributed by atoms with Gasteiger partial charge in [-0.3, -0.25) is 0 Å². The monoisotopic (exact) mass is 375 g/mol. The van der Waals surface area contributed by atoms with E-state index in [-0.39, 0.29) is 5.75 Å². The molecule has 0 aliphatic heterocycles. The summed E-state index contributed by atoms with van der Waals surface area (Å²) in [5.74, 6) is -0.398. The summed E-state index contributed by atoms with van der Waals surface area (Å²) in [4.78, 5) is 35.9. The van der Waals surface area contributed by atoms with E-state index in [2.05, 4.69) is 5.32 Å². The quantitative estimate of drug-likeness (QED) is 0.488. The third kappa shape index (κ3) is 5.57. The Morgan fingerprint density at radius 3 is 2.48 bits per heavy atom. The van der Waals surface area contributed by atoms with Crippen LogP contribution in [0.5, 0.6) is 5.75 Å². The fourth-order valence-corrected chi connectivity index (χ4v) is 2.53. The molecule has 0 unspecified atom stereocenters. The van der Waals surface area contributed by atoms with Gasteiger partial charge in [-0.1, -0.05) is 13.8 Å². The highest BCUT2D eigenvalue weighted by molar-refractivity contribution is 5.85. The van der Waals surface area contributed by atoms with Gasteiger partial charge >= 0.3 is 17.7 Å². The SMILES string of the molecule is CCc1cc(=O)oc2cc(OC(=O)[C@H](CC)NC(=O)OC(C)(C)C)ccc12. The van der Waals surface area contributed by atoms with Crippen LogP contribution in [-0.2, 0) is 16.0 Å². The molecule has 2 aromatic rings. The number of rotatable bonds is 5. The normalized spacial score (nSPS) is 12.5. The van der Waals surface area contributed by atoms with E-state index in [9.17, 15) is 14.4 Å². The van der Waals surface area contributed by atoms with Crippen molar-refractivity contribution in [2.24, 2.45) is 0 Å². The number of benzene rings is 1. The second-order valence-electron chi connectivity index (χ2n) is 7.13. The van der Waals surface area contributed by atoms with Gasteiger partial charge in [-0.25, -0.2) is 14.4 Å². The summed E-state index contributed by atoms with van der Waals surface area (Å²) in [5, 5.41) is 3.29. The molecule has 1 N–H and O–H groups in total. The van der Waals surface area contributed by atoms with Crippen LogP contribution in [0.25, 0.3) is 11.0 Å². The molecule has 1 heterocycles. The van der Waals surface area contributed by atoms with E-state index >= 15 is 0 Å². The molecular weight excluding hydrogens is 350 g/mol. The molecule has 0 aliphatic rings. The number of esters is 1. The molecule has 7 heteroatoms. The van der Waals surface area contributed by atoms with E-state index in [1.54, 1.807) is 39.8 Å². The Morgan fingerprint density at radius 1 is 1.19 bits per heavy atom. The number of carbonyl (C=O) groups is 2. The average molecular weight is 375 g/mol. The van der Waals surface area contributed by atoms with Crippen LogP contribution >= 0.6 is 0 Å². The lowest BCUT2D eigenvalue weighted by molar-refractivity contribution is -0.136. The van der Waals surface area contributed by atoms with Crippen LogP contribution in [-0.4, -0.2) is 23.7 Å². The van der Waals surface area contributed by atoms with Crippen LogP contribution in [0.3, 0.4) is 0 Å². The summed E-state index contributed by atoms with van der Waals surface area (Å²) in [7, 11) is 0. The van der Waals surface area contributed by atoms with E-state index in [1.165, 1.54) is 12.1 Å². The molecule has 1 aromatic carbocycles. The van der Waals surface area contributed by atoms with Crippen LogP contribution in [0, 0.1) is 0 Å². The highest BCUT2D eigenvalue weighted by Crippen LogP contribution is 2.23. The number of fused-ring (bicyclic) bond motifs is 1. The maximum Gasteiger partial charge on any atom is 0.408 e. The Kier molecular flexibility index (Phi) is 6.25. The van der Waals surface area contributed by atoms with Crippen LogP contribution in [0.15, 0.2) is 33.5 Å². The smallest absolute Gasteiger partial charge is 0.408 e. The summed E-state index contributed by atoms with van der Waals surface area (Å²) in [6, 6.07) is 5.45. The first kappa shape index (κ1) is 20.5. The van der Waals surface area contributed by atoms with E-state index in [0.717, 1.165) is 10.9 Å². The van der Waals surface area contributed by atoms with Crippen molar-refractivity contribution < 1.29 is 23.5 Å². The molecule has 1 atom stereocenters. The van der Waals surface area contributed by atoms with Crippen molar-refractivity contribution in [2.45, 2.75) is 59.1 Å². The largest absolute Gasteiger partial charge is 0.444 e. The number of hydrogen-bond acceptors (Lipinski definition) is 6. The van der Waals surface area contributed by atoms with Crippen LogP contribution in [0.2, 0.25) is 0 Å². The minimum Gasteiger partial charge on any atom is -0.444 e. The van der Waals surface area contributed by atoms with E-state index in [1.807, 2.05) is 6.92 Å². The Bertz CT molecular complexity index is 893. The molecule has 1 aromatic heterocycles. The number of carbonyl (C=O) groups excluding carboxylic acids is 2. The second-order valence-corrected chi connectivity index (χ2v) is 7.13. The Labute approximate surface area is 157 Å². The topological polar surface area (TPSA) is 94.8 Å². The van der Waals surface area contributed by atoms with Gasteiger partial charge in [0.25, 0.3) is 0 Å². The molecule has 0 aliphatic carbocycles. The molecule has 0 saturated heterocycles. The number of alkyl carbamates (subject to hydrolysis) is 1. The Hall–Kier alpha value is -2.83. The van der Waals surface area contributed by atoms with Crippen molar-refractivity contribution >= 4 is 23.0 Å². The van der Waals surface area contributed by atoms with Gasteiger partial charge in [0.05, 0.1) is 0 Å². The third-order valence-electron chi connectivity index (χ3n) is 3.78. The molecule has 0 saturated carbocycles. The molecule has 0 spiro atoms. The fourth-order valence-electron chi connectivity index (χ4n) is 2.53. The van der Waals surface area contributed by atoms with E-state index in [4.69, 9.17) is 13.9 Å². The maximum atomic E-state index is 12.4. The predicted octanol–water partition coefficient (Wildman–Crippen LogP) is 3.56. The zero-order valence-corrected chi connectivity index (χ0v) is 16.3. The number of hydrogen-bond donors (Lipinski definition) is 1. The molecule has 0 bridgehead atoms. The number of nitrogens with one attached hydrogen (secondary N) is 1. The first-order valence-electron chi connectivity index (χ1n) is 8.91. The second kappa shape index (κ2) is 8.24. The van der Waals surface area contributed by atoms with Crippen LogP contribution in [0.1, 0.15) is 46.6 Å². The minimum absolute atomic E-state index is 0.230. The third-order valence-corrected chi connectivity index (χ3v) is 3.78. The molecule has 146 valence electrons. The number of amides is 1. The fraction of sp³-hybridized carbons (Fsp3) is 0.450. The van der Waals surface area contributed by atoms with Gasteiger partial charge < -0.3 is 19.2 Å². The summed E-state index contributed by atoms with van der Waals surface area (Å²) in [6.07, 6.45) is 0.322.